The summed E-state index contributed by atoms with van der Waals surface area (Å²) in [5, 5.41) is 2.15. The lowest BCUT2D eigenvalue weighted by Gasteiger charge is -2.07. The molecule has 0 aliphatic carbocycles. The summed E-state index contributed by atoms with van der Waals surface area (Å²) in [5.74, 6) is 1.61. The van der Waals surface area contributed by atoms with Crippen LogP contribution in [0.3, 0.4) is 0 Å². The Labute approximate surface area is 168 Å². The van der Waals surface area contributed by atoms with Crippen LogP contribution in [0.5, 0.6) is 0 Å². The third-order valence-corrected chi connectivity index (χ3v) is 5.00. The standard InChI is InChI=1S/C22H22N2O5/c1-14-17(23-21(28-14)19-6-3-13-27-19)12-11-16-9-7-15(8-10-16)4-2-5-18-20(25)24-22(26)29-18/h3,6-10,13,18H,2,4-5,11-12H2,1H3,(H,24,25,26). The lowest BCUT2D eigenvalue weighted by Crippen LogP contribution is -2.24. The highest BCUT2D eigenvalue weighted by atomic mass is 16.6. The van der Waals surface area contributed by atoms with E-state index in [1.807, 2.05) is 19.1 Å². The van der Waals surface area contributed by atoms with Gasteiger partial charge in [0.2, 0.25) is 0 Å². The average molecular weight is 394 g/mol. The molecule has 29 heavy (non-hydrogen) atoms. The lowest BCUT2D eigenvalue weighted by molar-refractivity contribution is -0.123. The van der Waals surface area contributed by atoms with Gasteiger partial charge in [-0.3, -0.25) is 10.1 Å². The van der Waals surface area contributed by atoms with Crippen LogP contribution in [0.25, 0.3) is 11.7 Å². The Morgan fingerprint density at radius 1 is 1.03 bits per heavy atom. The van der Waals surface area contributed by atoms with E-state index in [-0.39, 0.29) is 5.91 Å². The molecule has 150 valence electrons. The number of imide groups is 1. The largest absolute Gasteiger partial charge is 0.459 e. The number of cyclic esters (lactones) is 1. The van der Waals surface area contributed by atoms with Crippen molar-refractivity contribution in [2.75, 3.05) is 0 Å². The van der Waals surface area contributed by atoms with Crippen molar-refractivity contribution in [3.05, 3.63) is 65.2 Å². The van der Waals surface area contributed by atoms with E-state index >= 15 is 0 Å². The number of carbonyl (C=O) groups excluding carboxylic acids is 2. The molecule has 1 unspecified atom stereocenters. The normalized spacial score (nSPS) is 16.1. The van der Waals surface area contributed by atoms with Gasteiger partial charge in [-0.2, -0.15) is 0 Å². The second-order valence-corrected chi connectivity index (χ2v) is 7.09. The first-order valence-electron chi connectivity index (χ1n) is 9.68. The minimum absolute atomic E-state index is 0.344. The highest BCUT2D eigenvalue weighted by Crippen LogP contribution is 2.23. The van der Waals surface area contributed by atoms with Crippen LogP contribution in [-0.2, 0) is 28.8 Å². The van der Waals surface area contributed by atoms with E-state index < -0.39 is 12.2 Å². The summed E-state index contributed by atoms with van der Waals surface area (Å²) in [6.45, 7) is 1.92. The molecule has 1 atom stereocenters. The van der Waals surface area contributed by atoms with Crippen molar-refractivity contribution in [1.29, 1.82) is 0 Å². The van der Waals surface area contributed by atoms with Gasteiger partial charge in [0.15, 0.2) is 11.9 Å². The van der Waals surface area contributed by atoms with Gasteiger partial charge < -0.3 is 13.6 Å². The van der Waals surface area contributed by atoms with Gasteiger partial charge >= 0.3 is 6.09 Å². The third kappa shape index (κ3) is 4.56. The van der Waals surface area contributed by atoms with E-state index in [1.165, 1.54) is 11.1 Å². The maximum absolute atomic E-state index is 11.5. The number of hydrogen-bond donors (Lipinski definition) is 1. The van der Waals surface area contributed by atoms with Crippen LogP contribution in [-0.4, -0.2) is 23.1 Å². The van der Waals surface area contributed by atoms with Crippen molar-refractivity contribution in [2.45, 2.75) is 45.1 Å². The molecule has 0 radical (unpaired) electrons. The number of hydrogen-bond acceptors (Lipinski definition) is 6. The minimum atomic E-state index is -0.654. The third-order valence-electron chi connectivity index (χ3n) is 5.00. The molecule has 1 aliphatic heterocycles. The molecule has 0 saturated carbocycles. The molecular weight excluding hydrogens is 372 g/mol. The van der Waals surface area contributed by atoms with E-state index in [1.54, 1.807) is 6.26 Å². The fourth-order valence-corrected chi connectivity index (χ4v) is 3.38. The number of rotatable bonds is 8. The van der Waals surface area contributed by atoms with Gasteiger partial charge in [-0.05, 0) is 62.3 Å². The second-order valence-electron chi connectivity index (χ2n) is 7.09. The number of alkyl carbamates (subject to hydrolysis) is 1. The second kappa shape index (κ2) is 8.34. The number of aryl methyl sites for hydroxylation is 4. The molecule has 1 aliphatic rings. The van der Waals surface area contributed by atoms with Crippen LogP contribution in [0.1, 0.15) is 35.4 Å². The number of ether oxygens (including phenoxy) is 1. The number of furan rings is 1. The zero-order valence-corrected chi connectivity index (χ0v) is 16.1. The van der Waals surface area contributed by atoms with Crippen LogP contribution < -0.4 is 5.32 Å². The maximum atomic E-state index is 11.5. The predicted octanol–water partition coefficient (Wildman–Crippen LogP) is 3.99. The quantitative estimate of drug-likeness (QED) is 0.621. The van der Waals surface area contributed by atoms with Crippen LogP contribution >= 0.6 is 0 Å². The first-order valence-corrected chi connectivity index (χ1v) is 9.68. The summed E-state index contributed by atoms with van der Waals surface area (Å²) in [7, 11) is 0. The zero-order valence-electron chi connectivity index (χ0n) is 16.1. The van der Waals surface area contributed by atoms with Crippen molar-refractivity contribution >= 4 is 12.0 Å². The molecule has 1 saturated heterocycles. The summed E-state index contributed by atoms with van der Waals surface area (Å²) in [5.41, 5.74) is 3.35. The molecule has 7 nitrogen and oxygen atoms in total. The molecule has 1 fully saturated rings. The first kappa shape index (κ1) is 19.0. The number of oxazole rings is 1. The van der Waals surface area contributed by atoms with E-state index in [9.17, 15) is 9.59 Å². The molecule has 0 bridgehead atoms. The van der Waals surface area contributed by atoms with E-state index in [0.717, 1.165) is 37.1 Å². The zero-order chi connectivity index (χ0) is 20.2. The molecule has 2 amide bonds. The Morgan fingerprint density at radius 2 is 1.79 bits per heavy atom. The van der Waals surface area contributed by atoms with Gasteiger partial charge in [-0.25, -0.2) is 9.78 Å². The van der Waals surface area contributed by atoms with Gasteiger partial charge in [-0.1, -0.05) is 24.3 Å². The number of amides is 2. The highest BCUT2D eigenvalue weighted by molar-refractivity contribution is 5.99. The monoisotopic (exact) mass is 394 g/mol. The fraction of sp³-hybridized carbons (Fsp3) is 0.318. The Hall–Kier alpha value is -3.35. The number of carbonyl (C=O) groups is 2. The maximum Gasteiger partial charge on any atom is 0.414 e. The summed E-state index contributed by atoms with van der Waals surface area (Å²) < 4.78 is 16.0. The Morgan fingerprint density at radius 3 is 2.45 bits per heavy atom. The molecule has 1 N–H and O–H groups in total. The summed E-state index contributed by atoms with van der Waals surface area (Å²) in [6.07, 6.45) is 4.09. The Kier molecular flexibility index (Phi) is 5.46. The molecule has 3 aromatic rings. The molecule has 0 spiro atoms. The highest BCUT2D eigenvalue weighted by Gasteiger charge is 2.31. The molecule has 7 heteroatoms. The van der Waals surface area contributed by atoms with Crippen LogP contribution in [0.15, 0.2) is 51.5 Å². The minimum Gasteiger partial charge on any atom is -0.459 e. The van der Waals surface area contributed by atoms with Gasteiger partial charge in [0.25, 0.3) is 11.8 Å². The molecular formula is C22H22N2O5. The van der Waals surface area contributed by atoms with Crippen molar-refractivity contribution in [3.63, 3.8) is 0 Å². The Bertz CT molecular complexity index is 989. The number of aromatic nitrogens is 1. The predicted molar refractivity (Wildman–Crippen MR) is 104 cm³/mol. The van der Waals surface area contributed by atoms with Crippen molar-refractivity contribution in [3.8, 4) is 11.7 Å². The van der Waals surface area contributed by atoms with E-state index in [4.69, 9.17) is 13.6 Å². The number of benzene rings is 1. The van der Waals surface area contributed by atoms with Gasteiger partial charge in [0.05, 0.1) is 12.0 Å². The SMILES string of the molecule is Cc1oc(-c2ccco2)nc1CCc1ccc(CCCC2OC(=O)NC2=O)cc1. The van der Waals surface area contributed by atoms with Crippen LogP contribution in [0.4, 0.5) is 4.79 Å². The average Bonchev–Trinajstić information content (AvgIpc) is 3.42. The smallest absolute Gasteiger partial charge is 0.414 e. The number of nitrogens with zero attached hydrogens (tertiary/aromatic N) is 1. The van der Waals surface area contributed by atoms with Crippen molar-refractivity contribution in [2.24, 2.45) is 0 Å². The molecule has 3 heterocycles. The Balaban J connectivity index is 1.26. The van der Waals surface area contributed by atoms with Gasteiger partial charge in [0, 0.05) is 0 Å². The van der Waals surface area contributed by atoms with E-state index in [0.29, 0.717) is 18.1 Å². The number of nitrogens with one attached hydrogen (secondary N) is 1. The molecule has 2 aromatic heterocycles. The summed E-state index contributed by atoms with van der Waals surface area (Å²) in [4.78, 5) is 27.0. The molecule has 4 rings (SSSR count). The van der Waals surface area contributed by atoms with Crippen molar-refractivity contribution in [1.82, 2.24) is 10.3 Å². The van der Waals surface area contributed by atoms with Crippen molar-refractivity contribution < 1.29 is 23.2 Å². The van der Waals surface area contributed by atoms with Gasteiger partial charge in [0.1, 0.15) is 5.76 Å². The van der Waals surface area contributed by atoms with Crippen LogP contribution in [0, 0.1) is 6.92 Å². The van der Waals surface area contributed by atoms with E-state index in [2.05, 4.69) is 34.6 Å². The first-order chi connectivity index (χ1) is 14.1. The summed E-state index contributed by atoms with van der Waals surface area (Å²) in [6, 6.07) is 12.1. The fourth-order valence-electron chi connectivity index (χ4n) is 3.38. The molecule has 1 aromatic carbocycles. The summed E-state index contributed by atoms with van der Waals surface area (Å²) >= 11 is 0. The van der Waals surface area contributed by atoms with Gasteiger partial charge in [-0.15, -0.1) is 0 Å². The van der Waals surface area contributed by atoms with Crippen LogP contribution in [0.2, 0.25) is 0 Å². The lowest BCUT2D eigenvalue weighted by atomic mass is 10.0. The topological polar surface area (TPSA) is 94.6 Å².